The maximum Gasteiger partial charge on any atom is 0.260 e. The molecule has 0 radical (unpaired) electrons. The second kappa shape index (κ2) is 6.27. The molecule has 1 aliphatic heterocycles. The normalized spacial score (nSPS) is 19.0. The summed E-state index contributed by atoms with van der Waals surface area (Å²) in [5.41, 5.74) is 9.26. The van der Waals surface area contributed by atoms with E-state index in [1.165, 1.54) is 5.56 Å². The molecule has 1 aliphatic rings. The summed E-state index contributed by atoms with van der Waals surface area (Å²) in [7, 11) is 0. The van der Waals surface area contributed by atoms with Gasteiger partial charge in [0.2, 0.25) is 0 Å². The van der Waals surface area contributed by atoms with Crippen LogP contribution in [0.2, 0.25) is 0 Å². The van der Waals surface area contributed by atoms with E-state index in [0.717, 1.165) is 36.3 Å². The van der Waals surface area contributed by atoms with Crippen LogP contribution < -0.4 is 10.5 Å². The highest BCUT2D eigenvalue weighted by Gasteiger charge is 2.21. The van der Waals surface area contributed by atoms with E-state index in [2.05, 4.69) is 19.1 Å². The minimum Gasteiger partial charge on any atom is -0.483 e. The minimum atomic E-state index is 0.0273. The zero-order valence-corrected chi connectivity index (χ0v) is 12.6. The van der Waals surface area contributed by atoms with E-state index < -0.39 is 0 Å². The lowest BCUT2D eigenvalue weighted by molar-refractivity contribution is -0.134. The number of likely N-dealkylation sites (tertiary alicyclic amines) is 1. The molecule has 1 aromatic carbocycles. The van der Waals surface area contributed by atoms with Crippen LogP contribution in [0.4, 0.5) is 0 Å². The van der Waals surface area contributed by atoms with Crippen molar-refractivity contribution < 1.29 is 9.53 Å². The van der Waals surface area contributed by atoms with E-state index >= 15 is 0 Å². The number of carbonyl (C=O) groups excluding carboxylic acids is 1. The van der Waals surface area contributed by atoms with Crippen molar-refractivity contribution in [1.82, 2.24) is 4.90 Å². The maximum atomic E-state index is 12.2. The number of nitrogens with two attached hydrogens (primary N) is 1. The van der Waals surface area contributed by atoms with Gasteiger partial charge in [-0.15, -0.1) is 0 Å². The molecule has 1 aromatic rings. The van der Waals surface area contributed by atoms with Crippen molar-refractivity contribution in [3.8, 4) is 5.75 Å². The Morgan fingerprint density at radius 1 is 1.35 bits per heavy atom. The molecular weight excluding hydrogens is 252 g/mol. The van der Waals surface area contributed by atoms with Crippen LogP contribution in [0.1, 0.15) is 29.5 Å². The van der Waals surface area contributed by atoms with Gasteiger partial charge in [0.25, 0.3) is 5.91 Å². The molecule has 1 atom stereocenters. The molecule has 0 aliphatic carbocycles. The van der Waals surface area contributed by atoms with E-state index in [1.54, 1.807) is 0 Å². The number of benzene rings is 1. The Balaban J connectivity index is 1.96. The molecule has 4 nitrogen and oxygen atoms in total. The fourth-order valence-corrected chi connectivity index (χ4v) is 2.86. The predicted molar refractivity (Wildman–Crippen MR) is 79.9 cm³/mol. The zero-order chi connectivity index (χ0) is 14.7. The van der Waals surface area contributed by atoms with E-state index in [9.17, 15) is 4.79 Å². The number of piperidine rings is 1. The van der Waals surface area contributed by atoms with Gasteiger partial charge in [0.05, 0.1) is 0 Å². The van der Waals surface area contributed by atoms with Crippen molar-refractivity contribution in [3.05, 3.63) is 28.8 Å². The van der Waals surface area contributed by atoms with Crippen LogP contribution in [0.5, 0.6) is 5.75 Å². The van der Waals surface area contributed by atoms with Crippen molar-refractivity contribution >= 4 is 5.91 Å². The monoisotopic (exact) mass is 276 g/mol. The van der Waals surface area contributed by atoms with Crippen LogP contribution in [0.15, 0.2) is 12.1 Å². The Bertz CT molecular complexity index is 476. The molecule has 2 N–H and O–H groups in total. The highest BCUT2D eigenvalue weighted by atomic mass is 16.5. The molecule has 1 unspecified atom stereocenters. The molecule has 1 fully saturated rings. The highest BCUT2D eigenvalue weighted by molar-refractivity contribution is 5.78. The van der Waals surface area contributed by atoms with E-state index in [4.69, 9.17) is 10.5 Å². The Labute approximate surface area is 120 Å². The molecule has 0 aromatic heterocycles. The van der Waals surface area contributed by atoms with Crippen molar-refractivity contribution in [2.45, 2.75) is 39.7 Å². The molecule has 1 heterocycles. The fourth-order valence-electron chi connectivity index (χ4n) is 2.86. The lowest BCUT2D eigenvalue weighted by Crippen LogP contribution is -2.47. The number of amides is 1. The zero-order valence-electron chi connectivity index (χ0n) is 12.6. The summed E-state index contributed by atoms with van der Waals surface area (Å²) in [6.07, 6.45) is 1.98. The van der Waals surface area contributed by atoms with Crippen LogP contribution >= 0.6 is 0 Å². The summed E-state index contributed by atoms with van der Waals surface area (Å²) < 4.78 is 5.74. The standard InChI is InChI=1S/C16H24N2O2/c1-11-7-12(2)16(13(3)8-11)20-10-15(19)18-6-4-5-14(17)9-18/h7-8,14H,4-6,9-10,17H2,1-3H3. The first-order valence-corrected chi connectivity index (χ1v) is 7.21. The van der Waals surface area contributed by atoms with Crippen molar-refractivity contribution in [2.75, 3.05) is 19.7 Å². The molecule has 1 saturated heterocycles. The lowest BCUT2D eigenvalue weighted by Gasteiger charge is -2.30. The second-order valence-electron chi connectivity index (χ2n) is 5.76. The van der Waals surface area contributed by atoms with Gasteiger partial charge in [-0.25, -0.2) is 0 Å². The van der Waals surface area contributed by atoms with Gasteiger partial charge in [-0.05, 0) is 44.7 Å². The number of ether oxygens (including phenoxy) is 1. The molecule has 4 heteroatoms. The first kappa shape index (κ1) is 14.9. The Kier molecular flexibility index (Phi) is 4.65. The maximum absolute atomic E-state index is 12.2. The Hall–Kier alpha value is -1.55. The van der Waals surface area contributed by atoms with Gasteiger partial charge in [-0.2, -0.15) is 0 Å². The predicted octanol–water partition coefficient (Wildman–Crippen LogP) is 1.94. The van der Waals surface area contributed by atoms with Crippen LogP contribution in [-0.4, -0.2) is 36.5 Å². The molecule has 110 valence electrons. The number of aryl methyl sites for hydroxylation is 3. The summed E-state index contributed by atoms with van der Waals surface area (Å²) >= 11 is 0. The first-order valence-electron chi connectivity index (χ1n) is 7.21. The number of hydrogen-bond acceptors (Lipinski definition) is 3. The Morgan fingerprint density at radius 2 is 2.00 bits per heavy atom. The summed E-state index contributed by atoms with van der Waals surface area (Å²) in [5, 5.41) is 0. The average molecular weight is 276 g/mol. The van der Waals surface area contributed by atoms with Crippen molar-refractivity contribution in [1.29, 1.82) is 0 Å². The van der Waals surface area contributed by atoms with Crippen molar-refractivity contribution in [3.63, 3.8) is 0 Å². The smallest absolute Gasteiger partial charge is 0.260 e. The number of rotatable bonds is 3. The third kappa shape index (κ3) is 3.51. The number of hydrogen-bond donors (Lipinski definition) is 1. The summed E-state index contributed by atoms with van der Waals surface area (Å²) in [5.74, 6) is 0.852. The molecule has 1 amide bonds. The molecule has 2 rings (SSSR count). The lowest BCUT2D eigenvalue weighted by atomic mass is 10.1. The van der Waals surface area contributed by atoms with Crippen LogP contribution in [0.3, 0.4) is 0 Å². The molecular formula is C16H24N2O2. The van der Waals surface area contributed by atoms with Gasteiger partial charge < -0.3 is 15.4 Å². The van der Waals surface area contributed by atoms with Gasteiger partial charge in [0.1, 0.15) is 5.75 Å². The summed E-state index contributed by atoms with van der Waals surface area (Å²) in [6.45, 7) is 7.62. The van der Waals surface area contributed by atoms with Gasteiger partial charge in [0, 0.05) is 19.1 Å². The Morgan fingerprint density at radius 3 is 2.60 bits per heavy atom. The topological polar surface area (TPSA) is 55.6 Å². The van der Waals surface area contributed by atoms with Crippen LogP contribution in [0, 0.1) is 20.8 Å². The van der Waals surface area contributed by atoms with E-state index in [1.807, 2.05) is 18.7 Å². The quantitative estimate of drug-likeness (QED) is 0.918. The summed E-state index contributed by atoms with van der Waals surface area (Å²) in [6, 6.07) is 4.25. The van der Waals surface area contributed by atoms with Gasteiger partial charge >= 0.3 is 0 Å². The SMILES string of the molecule is Cc1cc(C)c(OCC(=O)N2CCCC(N)C2)c(C)c1. The van der Waals surface area contributed by atoms with E-state index in [0.29, 0.717) is 6.54 Å². The summed E-state index contributed by atoms with van der Waals surface area (Å²) in [4.78, 5) is 14.0. The van der Waals surface area contributed by atoms with E-state index in [-0.39, 0.29) is 18.6 Å². The average Bonchev–Trinajstić information content (AvgIpc) is 2.37. The fraction of sp³-hybridized carbons (Fsp3) is 0.562. The van der Waals surface area contributed by atoms with Crippen LogP contribution in [0.25, 0.3) is 0 Å². The second-order valence-corrected chi connectivity index (χ2v) is 5.76. The van der Waals surface area contributed by atoms with Gasteiger partial charge in [-0.3, -0.25) is 4.79 Å². The first-order chi connectivity index (χ1) is 9.47. The number of nitrogens with zero attached hydrogens (tertiary/aromatic N) is 1. The highest BCUT2D eigenvalue weighted by Crippen LogP contribution is 2.24. The van der Waals surface area contributed by atoms with Gasteiger partial charge in [-0.1, -0.05) is 17.7 Å². The van der Waals surface area contributed by atoms with Gasteiger partial charge in [0.15, 0.2) is 6.61 Å². The molecule has 0 spiro atoms. The molecule has 0 bridgehead atoms. The molecule has 20 heavy (non-hydrogen) atoms. The van der Waals surface area contributed by atoms with Crippen molar-refractivity contribution in [2.24, 2.45) is 5.73 Å². The minimum absolute atomic E-state index is 0.0273. The number of carbonyl (C=O) groups is 1. The third-order valence-corrected chi connectivity index (χ3v) is 3.76. The third-order valence-electron chi connectivity index (χ3n) is 3.76. The molecule has 0 saturated carbocycles. The van der Waals surface area contributed by atoms with Crippen LogP contribution in [-0.2, 0) is 4.79 Å². The largest absolute Gasteiger partial charge is 0.483 e.